The van der Waals surface area contributed by atoms with Crippen LogP contribution in [0.5, 0.6) is 0 Å². The first kappa shape index (κ1) is 17.1. The van der Waals surface area contributed by atoms with Crippen molar-refractivity contribution in [3.05, 3.63) is 39.7 Å². The highest BCUT2D eigenvalue weighted by Gasteiger charge is 2.25. The van der Waals surface area contributed by atoms with E-state index in [4.69, 9.17) is 0 Å². The van der Waals surface area contributed by atoms with Gasteiger partial charge in [0, 0.05) is 15.8 Å². The van der Waals surface area contributed by atoms with E-state index >= 15 is 0 Å². The van der Waals surface area contributed by atoms with E-state index in [2.05, 4.69) is 26.6 Å². The molecule has 1 saturated heterocycles. The number of thiophene rings is 1. The highest BCUT2D eigenvalue weighted by molar-refractivity contribution is 9.10. The molecule has 0 spiro atoms. The fraction of sp³-hybridized carbons (Fsp3) is 0.294. The summed E-state index contributed by atoms with van der Waals surface area (Å²) in [4.78, 5) is 24.8. The van der Waals surface area contributed by atoms with Crippen molar-refractivity contribution in [2.24, 2.45) is 5.92 Å². The Morgan fingerprint density at radius 2 is 1.88 bits per heavy atom. The molecular formula is C17H17BrN2O3S. The Labute approximate surface area is 152 Å². The lowest BCUT2D eigenvalue weighted by Crippen LogP contribution is -2.34. The summed E-state index contributed by atoms with van der Waals surface area (Å²) < 4.78 is 0.930. The van der Waals surface area contributed by atoms with Crippen molar-refractivity contribution in [2.45, 2.75) is 12.8 Å². The first-order valence-corrected chi connectivity index (χ1v) is 9.36. The maximum Gasteiger partial charge on any atom is 0.339 e. The van der Waals surface area contributed by atoms with Crippen LogP contribution >= 0.6 is 27.3 Å². The number of rotatable bonds is 4. The van der Waals surface area contributed by atoms with Gasteiger partial charge in [-0.3, -0.25) is 4.79 Å². The number of hydrogen-bond acceptors (Lipinski definition) is 4. The molecule has 1 aliphatic heterocycles. The van der Waals surface area contributed by atoms with E-state index in [-0.39, 0.29) is 17.4 Å². The Bertz CT molecular complexity index is 752. The van der Waals surface area contributed by atoms with Gasteiger partial charge >= 0.3 is 5.97 Å². The van der Waals surface area contributed by atoms with Crippen molar-refractivity contribution in [1.29, 1.82) is 0 Å². The van der Waals surface area contributed by atoms with E-state index in [0.717, 1.165) is 36.0 Å². The van der Waals surface area contributed by atoms with Gasteiger partial charge in [-0.2, -0.15) is 0 Å². The second-order valence-electron chi connectivity index (χ2n) is 5.68. The van der Waals surface area contributed by atoms with Gasteiger partial charge in [-0.25, -0.2) is 4.79 Å². The number of halogens is 1. The van der Waals surface area contributed by atoms with Gasteiger partial charge in [0.25, 0.3) is 0 Å². The van der Waals surface area contributed by atoms with Crippen LogP contribution in [0.25, 0.3) is 10.4 Å². The smallest absolute Gasteiger partial charge is 0.339 e. The maximum atomic E-state index is 12.4. The molecule has 0 saturated carbocycles. The number of nitrogens with one attached hydrogen (secondary N) is 2. The van der Waals surface area contributed by atoms with Gasteiger partial charge in [0.05, 0.1) is 10.6 Å². The molecule has 2 aromatic rings. The Kier molecular flexibility index (Phi) is 5.33. The number of amides is 1. The molecule has 3 rings (SSSR count). The fourth-order valence-corrected chi connectivity index (χ4v) is 4.06. The van der Waals surface area contributed by atoms with Crippen LogP contribution in [0, 0.1) is 5.92 Å². The van der Waals surface area contributed by atoms with E-state index in [1.165, 1.54) is 11.3 Å². The van der Waals surface area contributed by atoms with Gasteiger partial charge in [0.1, 0.15) is 5.56 Å². The second kappa shape index (κ2) is 7.46. The van der Waals surface area contributed by atoms with Crippen molar-refractivity contribution in [1.82, 2.24) is 5.32 Å². The summed E-state index contributed by atoms with van der Waals surface area (Å²) in [6.45, 7) is 1.63. The van der Waals surface area contributed by atoms with Crippen LogP contribution in [0.3, 0.4) is 0 Å². The molecule has 1 amide bonds. The molecule has 1 aromatic heterocycles. The minimum absolute atomic E-state index is 0.0658. The lowest BCUT2D eigenvalue weighted by molar-refractivity contribution is -0.120. The minimum Gasteiger partial charge on any atom is -0.478 e. The summed E-state index contributed by atoms with van der Waals surface area (Å²) in [5, 5.41) is 17.4. The number of carboxylic acids is 1. The zero-order valence-electron chi connectivity index (χ0n) is 12.8. The average Bonchev–Trinajstić information content (AvgIpc) is 3.00. The molecule has 0 bridgehead atoms. The lowest BCUT2D eigenvalue weighted by atomic mass is 9.97. The van der Waals surface area contributed by atoms with Crippen LogP contribution in [0.4, 0.5) is 5.69 Å². The van der Waals surface area contributed by atoms with Crippen molar-refractivity contribution in [3.63, 3.8) is 0 Å². The zero-order chi connectivity index (χ0) is 17.1. The predicted molar refractivity (Wildman–Crippen MR) is 98.6 cm³/mol. The van der Waals surface area contributed by atoms with Crippen molar-refractivity contribution >= 4 is 44.8 Å². The number of carbonyl (C=O) groups is 2. The molecule has 0 aliphatic carbocycles. The molecule has 126 valence electrons. The highest BCUT2D eigenvalue weighted by Crippen LogP contribution is 2.37. The topological polar surface area (TPSA) is 78.4 Å². The Morgan fingerprint density at radius 3 is 2.50 bits per heavy atom. The molecule has 0 atom stereocenters. The summed E-state index contributed by atoms with van der Waals surface area (Å²) in [6, 6.07) is 7.46. The summed E-state index contributed by atoms with van der Waals surface area (Å²) in [5.74, 6) is -1.20. The number of benzene rings is 1. The molecule has 1 fully saturated rings. The molecule has 24 heavy (non-hydrogen) atoms. The van der Waals surface area contributed by atoms with Gasteiger partial charge in [0.2, 0.25) is 5.91 Å². The Hall–Kier alpha value is -1.70. The van der Waals surface area contributed by atoms with Gasteiger partial charge < -0.3 is 15.7 Å². The number of carboxylic acid groups (broad SMARTS) is 1. The third-order valence-electron chi connectivity index (χ3n) is 4.08. The van der Waals surface area contributed by atoms with Crippen molar-refractivity contribution < 1.29 is 14.7 Å². The molecule has 0 radical (unpaired) electrons. The number of anilines is 1. The first-order valence-electron chi connectivity index (χ1n) is 7.68. The van der Waals surface area contributed by atoms with E-state index in [9.17, 15) is 14.7 Å². The normalized spacial score (nSPS) is 15.2. The SMILES string of the molecule is O=C(O)c1c(NC(=O)C2CCNCC2)csc1-c1ccc(Br)cc1. The fourth-order valence-electron chi connectivity index (χ4n) is 2.79. The van der Waals surface area contributed by atoms with E-state index in [1.807, 2.05) is 24.3 Å². The third-order valence-corrected chi connectivity index (χ3v) is 5.64. The van der Waals surface area contributed by atoms with Crippen LogP contribution in [-0.4, -0.2) is 30.1 Å². The van der Waals surface area contributed by atoms with Crippen LogP contribution in [0.1, 0.15) is 23.2 Å². The molecule has 5 nitrogen and oxygen atoms in total. The third kappa shape index (κ3) is 3.68. The van der Waals surface area contributed by atoms with E-state index < -0.39 is 5.97 Å². The van der Waals surface area contributed by atoms with Gasteiger partial charge in [-0.15, -0.1) is 11.3 Å². The largest absolute Gasteiger partial charge is 0.478 e. The lowest BCUT2D eigenvalue weighted by Gasteiger charge is -2.21. The van der Waals surface area contributed by atoms with Crippen LogP contribution in [0.15, 0.2) is 34.1 Å². The average molecular weight is 409 g/mol. The van der Waals surface area contributed by atoms with Gasteiger partial charge in [-0.05, 0) is 43.6 Å². The molecule has 1 aromatic carbocycles. The maximum absolute atomic E-state index is 12.4. The number of aromatic carboxylic acids is 1. The standard InChI is InChI=1S/C17H17BrN2O3S/c18-12-3-1-10(2-4-12)15-14(17(22)23)13(9-24-15)20-16(21)11-5-7-19-8-6-11/h1-4,9,11,19H,5-8H2,(H,20,21)(H,22,23). The second-order valence-corrected chi connectivity index (χ2v) is 7.47. The van der Waals surface area contributed by atoms with E-state index in [1.54, 1.807) is 5.38 Å². The van der Waals surface area contributed by atoms with Crippen molar-refractivity contribution in [3.8, 4) is 10.4 Å². The molecule has 7 heteroatoms. The van der Waals surface area contributed by atoms with Crippen LogP contribution in [0.2, 0.25) is 0 Å². The Balaban J connectivity index is 1.87. The quantitative estimate of drug-likeness (QED) is 0.718. The molecule has 3 N–H and O–H groups in total. The monoisotopic (exact) mass is 408 g/mol. The number of piperidine rings is 1. The molecular weight excluding hydrogens is 392 g/mol. The van der Waals surface area contributed by atoms with Crippen LogP contribution in [-0.2, 0) is 4.79 Å². The molecule has 2 heterocycles. The zero-order valence-corrected chi connectivity index (χ0v) is 15.2. The number of hydrogen-bond donors (Lipinski definition) is 3. The summed E-state index contributed by atoms with van der Waals surface area (Å²) in [7, 11) is 0. The Morgan fingerprint density at radius 1 is 1.21 bits per heavy atom. The summed E-state index contributed by atoms with van der Waals surface area (Å²) in [5.41, 5.74) is 1.36. The highest BCUT2D eigenvalue weighted by atomic mass is 79.9. The van der Waals surface area contributed by atoms with Crippen LogP contribution < -0.4 is 10.6 Å². The molecule has 1 aliphatic rings. The number of carbonyl (C=O) groups excluding carboxylic acids is 1. The first-order chi connectivity index (χ1) is 11.6. The van der Waals surface area contributed by atoms with Gasteiger partial charge in [-0.1, -0.05) is 28.1 Å². The summed E-state index contributed by atoms with van der Waals surface area (Å²) in [6.07, 6.45) is 1.55. The molecule has 0 unspecified atom stereocenters. The minimum atomic E-state index is -1.03. The van der Waals surface area contributed by atoms with Gasteiger partial charge in [0.15, 0.2) is 0 Å². The van der Waals surface area contributed by atoms with Crippen molar-refractivity contribution in [2.75, 3.05) is 18.4 Å². The van der Waals surface area contributed by atoms with E-state index in [0.29, 0.717) is 10.6 Å². The summed E-state index contributed by atoms with van der Waals surface area (Å²) >= 11 is 4.70. The predicted octanol–water partition coefficient (Wildman–Crippen LogP) is 3.81.